The number of imidazole rings is 1. The number of hydrogen-bond donors (Lipinski definition) is 1. The highest BCUT2D eigenvalue weighted by molar-refractivity contribution is 5.75. The van der Waals surface area contributed by atoms with Crippen molar-refractivity contribution in [3.8, 4) is 0 Å². The van der Waals surface area contributed by atoms with Crippen molar-refractivity contribution in [1.29, 1.82) is 0 Å². The topological polar surface area (TPSA) is 43.8 Å². The van der Waals surface area contributed by atoms with Crippen molar-refractivity contribution in [3.05, 3.63) is 30.1 Å². The number of benzene rings is 1. The van der Waals surface area contributed by atoms with E-state index in [-0.39, 0.29) is 6.04 Å². The maximum absolute atomic E-state index is 6.42. The van der Waals surface area contributed by atoms with Gasteiger partial charge in [0.15, 0.2) is 0 Å². The van der Waals surface area contributed by atoms with Crippen molar-refractivity contribution >= 4 is 11.0 Å². The van der Waals surface area contributed by atoms with E-state index in [1.54, 1.807) is 0 Å². The molecule has 0 radical (unpaired) electrons. The van der Waals surface area contributed by atoms with E-state index in [4.69, 9.17) is 10.7 Å². The van der Waals surface area contributed by atoms with Gasteiger partial charge in [-0.15, -0.1) is 0 Å². The third kappa shape index (κ3) is 2.35. The molecule has 1 heterocycles. The fraction of sp³-hybridized carbons (Fsp3) is 0.588. The molecule has 2 atom stereocenters. The molecule has 2 N–H and O–H groups in total. The average molecular weight is 271 g/mol. The fourth-order valence-corrected chi connectivity index (χ4v) is 3.35. The van der Waals surface area contributed by atoms with E-state index in [0.717, 1.165) is 30.7 Å². The van der Waals surface area contributed by atoms with Crippen molar-refractivity contribution < 1.29 is 0 Å². The highest BCUT2D eigenvalue weighted by atomic mass is 15.1. The summed E-state index contributed by atoms with van der Waals surface area (Å²) in [4.78, 5) is 4.81. The minimum atomic E-state index is 0.234. The number of rotatable bonds is 5. The first kappa shape index (κ1) is 13.6. The summed E-state index contributed by atoms with van der Waals surface area (Å²) in [5, 5.41) is 0. The summed E-state index contributed by atoms with van der Waals surface area (Å²) >= 11 is 0. The fourth-order valence-electron chi connectivity index (χ4n) is 3.35. The molecule has 20 heavy (non-hydrogen) atoms. The van der Waals surface area contributed by atoms with Gasteiger partial charge in [0.2, 0.25) is 0 Å². The Morgan fingerprint density at radius 1 is 1.40 bits per heavy atom. The van der Waals surface area contributed by atoms with Crippen molar-refractivity contribution in [3.63, 3.8) is 0 Å². The molecule has 0 spiro atoms. The lowest BCUT2D eigenvalue weighted by atomic mass is 10.0. The van der Waals surface area contributed by atoms with Crippen LogP contribution in [-0.2, 0) is 13.0 Å². The smallest absolute Gasteiger partial charge is 0.111 e. The molecule has 3 heteroatoms. The molecule has 2 aromatic rings. The van der Waals surface area contributed by atoms with E-state index in [1.165, 1.54) is 11.9 Å². The Bertz CT molecular complexity index is 612. The van der Waals surface area contributed by atoms with Gasteiger partial charge in [0.25, 0.3) is 0 Å². The lowest BCUT2D eigenvalue weighted by Gasteiger charge is -2.14. The highest BCUT2D eigenvalue weighted by Gasteiger charge is 2.49. The van der Waals surface area contributed by atoms with Crippen LogP contribution in [0.5, 0.6) is 0 Å². The van der Waals surface area contributed by atoms with Crippen LogP contribution < -0.4 is 5.73 Å². The van der Waals surface area contributed by atoms with Gasteiger partial charge in [-0.1, -0.05) is 32.9 Å². The Labute approximate surface area is 121 Å². The summed E-state index contributed by atoms with van der Waals surface area (Å²) in [6.45, 7) is 7.86. The Morgan fingerprint density at radius 3 is 2.75 bits per heavy atom. The normalized spacial score (nSPS) is 22.1. The van der Waals surface area contributed by atoms with Crippen LogP contribution >= 0.6 is 0 Å². The lowest BCUT2D eigenvalue weighted by Crippen LogP contribution is -2.28. The largest absolute Gasteiger partial charge is 0.328 e. The van der Waals surface area contributed by atoms with Crippen LogP contribution in [0.25, 0.3) is 11.0 Å². The van der Waals surface area contributed by atoms with Crippen LogP contribution in [0.2, 0.25) is 0 Å². The third-order valence-corrected chi connectivity index (χ3v) is 4.71. The van der Waals surface area contributed by atoms with E-state index in [0.29, 0.717) is 11.3 Å². The second-order valence-corrected chi connectivity index (χ2v) is 6.84. The molecule has 0 amide bonds. The van der Waals surface area contributed by atoms with Gasteiger partial charge in [-0.05, 0) is 36.3 Å². The SMILES string of the molecule is CCCn1c(CC(N)C2CC2(C)C)nc2ccccc21. The quantitative estimate of drug-likeness (QED) is 0.906. The summed E-state index contributed by atoms with van der Waals surface area (Å²) in [5.41, 5.74) is 9.19. The highest BCUT2D eigenvalue weighted by Crippen LogP contribution is 2.53. The molecule has 3 nitrogen and oxygen atoms in total. The van der Waals surface area contributed by atoms with Gasteiger partial charge in [0, 0.05) is 19.0 Å². The first-order valence-corrected chi connectivity index (χ1v) is 7.72. The molecule has 108 valence electrons. The summed E-state index contributed by atoms with van der Waals surface area (Å²) in [6.07, 6.45) is 3.27. The van der Waals surface area contributed by atoms with E-state index in [2.05, 4.69) is 49.6 Å². The summed E-state index contributed by atoms with van der Waals surface area (Å²) in [5.74, 6) is 1.81. The maximum atomic E-state index is 6.42. The van der Waals surface area contributed by atoms with Crippen LogP contribution in [0.4, 0.5) is 0 Å². The van der Waals surface area contributed by atoms with Crippen LogP contribution in [0, 0.1) is 11.3 Å². The van der Waals surface area contributed by atoms with Gasteiger partial charge in [0.05, 0.1) is 11.0 Å². The molecule has 1 aromatic heterocycles. The summed E-state index contributed by atoms with van der Waals surface area (Å²) in [6, 6.07) is 8.63. The number of hydrogen-bond acceptors (Lipinski definition) is 2. The van der Waals surface area contributed by atoms with Crippen molar-refractivity contribution in [1.82, 2.24) is 9.55 Å². The molecule has 1 saturated carbocycles. The molecular formula is C17H25N3. The van der Waals surface area contributed by atoms with E-state index >= 15 is 0 Å². The molecular weight excluding hydrogens is 246 g/mol. The molecule has 0 bridgehead atoms. The molecule has 1 aliphatic rings. The first-order chi connectivity index (χ1) is 9.53. The molecule has 0 saturated heterocycles. The number of aryl methyl sites for hydroxylation is 1. The van der Waals surface area contributed by atoms with Crippen LogP contribution in [0.1, 0.15) is 39.4 Å². The number of fused-ring (bicyclic) bond motifs is 1. The van der Waals surface area contributed by atoms with E-state index in [1.807, 2.05) is 0 Å². The zero-order valence-corrected chi connectivity index (χ0v) is 12.8. The number of nitrogens with two attached hydrogens (primary N) is 1. The van der Waals surface area contributed by atoms with Gasteiger partial charge in [-0.3, -0.25) is 0 Å². The molecule has 1 fully saturated rings. The Balaban J connectivity index is 1.88. The first-order valence-electron chi connectivity index (χ1n) is 7.72. The minimum absolute atomic E-state index is 0.234. The maximum Gasteiger partial charge on any atom is 0.111 e. The van der Waals surface area contributed by atoms with Gasteiger partial charge in [0.1, 0.15) is 5.82 Å². The van der Waals surface area contributed by atoms with Gasteiger partial charge in [-0.25, -0.2) is 4.98 Å². The number of aromatic nitrogens is 2. The van der Waals surface area contributed by atoms with Crippen molar-refractivity contribution in [2.45, 2.75) is 52.6 Å². The second kappa shape index (κ2) is 4.88. The Hall–Kier alpha value is -1.35. The third-order valence-electron chi connectivity index (χ3n) is 4.71. The standard InChI is InChI=1S/C17H25N3/c1-4-9-20-15-8-6-5-7-14(15)19-16(20)10-13(18)12-11-17(12,2)3/h5-8,12-13H,4,9-11,18H2,1-3H3. The van der Waals surface area contributed by atoms with Crippen molar-refractivity contribution in [2.75, 3.05) is 0 Å². The zero-order chi connectivity index (χ0) is 14.3. The number of para-hydroxylation sites is 2. The van der Waals surface area contributed by atoms with E-state index in [9.17, 15) is 0 Å². The van der Waals surface area contributed by atoms with Crippen LogP contribution in [-0.4, -0.2) is 15.6 Å². The zero-order valence-electron chi connectivity index (χ0n) is 12.8. The molecule has 3 rings (SSSR count). The Morgan fingerprint density at radius 2 is 2.10 bits per heavy atom. The minimum Gasteiger partial charge on any atom is -0.328 e. The van der Waals surface area contributed by atoms with Gasteiger partial charge < -0.3 is 10.3 Å². The van der Waals surface area contributed by atoms with Crippen LogP contribution in [0.3, 0.4) is 0 Å². The summed E-state index contributed by atoms with van der Waals surface area (Å²) in [7, 11) is 0. The summed E-state index contributed by atoms with van der Waals surface area (Å²) < 4.78 is 2.35. The lowest BCUT2D eigenvalue weighted by molar-refractivity contribution is 0.463. The van der Waals surface area contributed by atoms with Crippen molar-refractivity contribution in [2.24, 2.45) is 17.1 Å². The van der Waals surface area contributed by atoms with Gasteiger partial charge >= 0.3 is 0 Å². The second-order valence-electron chi connectivity index (χ2n) is 6.84. The predicted molar refractivity (Wildman–Crippen MR) is 83.6 cm³/mol. The Kier molecular flexibility index (Phi) is 3.33. The average Bonchev–Trinajstić information content (AvgIpc) is 2.92. The van der Waals surface area contributed by atoms with Gasteiger partial charge in [-0.2, -0.15) is 0 Å². The molecule has 0 aliphatic heterocycles. The van der Waals surface area contributed by atoms with E-state index < -0.39 is 0 Å². The van der Waals surface area contributed by atoms with Crippen LogP contribution in [0.15, 0.2) is 24.3 Å². The number of nitrogens with zero attached hydrogens (tertiary/aromatic N) is 2. The molecule has 1 aromatic carbocycles. The predicted octanol–water partition coefficient (Wildman–Crippen LogP) is 3.36. The monoisotopic (exact) mass is 271 g/mol. The molecule has 2 unspecified atom stereocenters. The molecule has 1 aliphatic carbocycles.